The molecule has 0 bridgehead atoms. The van der Waals surface area contributed by atoms with Gasteiger partial charge in [-0.15, -0.1) is 0 Å². The van der Waals surface area contributed by atoms with Crippen LogP contribution in [0.5, 0.6) is 0 Å². The van der Waals surface area contributed by atoms with Crippen LogP contribution in [0.2, 0.25) is 0 Å². The van der Waals surface area contributed by atoms with E-state index < -0.39 is 0 Å². The molecular formula is C15H27N3O. The fourth-order valence-electron chi connectivity index (χ4n) is 2.69. The fourth-order valence-corrected chi connectivity index (χ4v) is 2.69. The number of nitrogens with zero attached hydrogens (tertiary/aromatic N) is 2. The average Bonchev–Trinajstić information content (AvgIpc) is 2.93. The Morgan fingerprint density at radius 3 is 2.74 bits per heavy atom. The van der Waals surface area contributed by atoms with Gasteiger partial charge in [0.05, 0.1) is 12.8 Å². The summed E-state index contributed by atoms with van der Waals surface area (Å²) in [5.74, 6) is 1.01. The molecule has 108 valence electrons. The Bertz CT molecular complexity index is 331. The van der Waals surface area contributed by atoms with E-state index in [9.17, 15) is 0 Å². The van der Waals surface area contributed by atoms with Crippen LogP contribution >= 0.6 is 0 Å². The summed E-state index contributed by atoms with van der Waals surface area (Å²) in [7, 11) is 0. The maximum absolute atomic E-state index is 5.32. The molecule has 1 aromatic heterocycles. The van der Waals surface area contributed by atoms with Gasteiger partial charge in [0.1, 0.15) is 5.76 Å². The number of nitrogens with one attached hydrogen (secondary N) is 1. The summed E-state index contributed by atoms with van der Waals surface area (Å²) in [5.41, 5.74) is 0. The van der Waals surface area contributed by atoms with Crippen molar-refractivity contribution < 1.29 is 4.42 Å². The third kappa shape index (κ3) is 4.64. The van der Waals surface area contributed by atoms with Crippen molar-refractivity contribution in [3.05, 3.63) is 24.2 Å². The van der Waals surface area contributed by atoms with E-state index in [0.29, 0.717) is 6.04 Å². The highest BCUT2D eigenvalue weighted by atomic mass is 16.3. The molecule has 0 aromatic carbocycles. The van der Waals surface area contributed by atoms with Gasteiger partial charge in [-0.05, 0) is 32.0 Å². The normalized spacial score (nSPS) is 19.7. The molecule has 0 amide bonds. The Morgan fingerprint density at radius 1 is 1.32 bits per heavy atom. The van der Waals surface area contributed by atoms with Gasteiger partial charge in [0.2, 0.25) is 0 Å². The monoisotopic (exact) mass is 265 g/mol. The smallest absolute Gasteiger partial charge is 0.117 e. The van der Waals surface area contributed by atoms with Crippen LogP contribution in [0.25, 0.3) is 0 Å². The molecule has 1 N–H and O–H groups in total. The van der Waals surface area contributed by atoms with Gasteiger partial charge in [0.25, 0.3) is 0 Å². The molecular weight excluding hydrogens is 238 g/mol. The Morgan fingerprint density at radius 2 is 2.11 bits per heavy atom. The van der Waals surface area contributed by atoms with Crippen LogP contribution in [-0.4, -0.2) is 55.1 Å². The van der Waals surface area contributed by atoms with Crippen molar-refractivity contribution >= 4 is 0 Å². The predicted molar refractivity (Wildman–Crippen MR) is 78.2 cm³/mol. The first kappa shape index (κ1) is 14.6. The Labute approximate surface area is 116 Å². The molecule has 2 heterocycles. The van der Waals surface area contributed by atoms with Crippen molar-refractivity contribution in [1.29, 1.82) is 0 Å². The third-order valence-corrected chi connectivity index (χ3v) is 3.89. The number of piperazine rings is 1. The highest BCUT2D eigenvalue weighted by Crippen LogP contribution is 2.06. The number of rotatable bonds is 7. The molecule has 2 rings (SSSR count). The second-order valence-corrected chi connectivity index (χ2v) is 5.44. The molecule has 1 aliphatic rings. The first-order valence-corrected chi connectivity index (χ1v) is 7.49. The second-order valence-electron chi connectivity index (χ2n) is 5.44. The lowest BCUT2D eigenvalue weighted by Crippen LogP contribution is -2.51. The van der Waals surface area contributed by atoms with Crippen LogP contribution in [0, 0.1) is 0 Å². The van der Waals surface area contributed by atoms with Gasteiger partial charge >= 0.3 is 0 Å². The van der Waals surface area contributed by atoms with Crippen LogP contribution in [0.3, 0.4) is 0 Å². The summed E-state index contributed by atoms with van der Waals surface area (Å²) < 4.78 is 5.32. The number of hydrogen-bond donors (Lipinski definition) is 1. The molecule has 1 atom stereocenters. The van der Waals surface area contributed by atoms with E-state index in [-0.39, 0.29) is 0 Å². The Hall–Kier alpha value is -0.840. The summed E-state index contributed by atoms with van der Waals surface area (Å²) >= 11 is 0. The van der Waals surface area contributed by atoms with Crippen LogP contribution in [-0.2, 0) is 6.54 Å². The summed E-state index contributed by atoms with van der Waals surface area (Å²) in [6, 6.07) is 4.55. The summed E-state index contributed by atoms with van der Waals surface area (Å²) in [6.45, 7) is 12.5. The SMILES string of the molecule is CCCN1CCN(C(C)CNCc2ccco2)CC1. The van der Waals surface area contributed by atoms with Crippen molar-refractivity contribution in [3.8, 4) is 0 Å². The molecule has 19 heavy (non-hydrogen) atoms. The van der Waals surface area contributed by atoms with Gasteiger partial charge in [0, 0.05) is 38.8 Å². The zero-order valence-electron chi connectivity index (χ0n) is 12.3. The average molecular weight is 265 g/mol. The van der Waals surface area contributed by atoms with Crippen molar-refractivity contribution in [3.63, 3.8) is 0 Å². The van der Waals surface area contributed by atoms with E-state index in [1.807, 2.05) is 12.1 Å². The lowest BCUT2D eigenvalue weighted by molar-refractivity contribution is 0.101. The van der Waals surface area contributed by atoms with E-state index >= 15 is 0 Å². The fraction of sp³-hybridized carbons (Fsp3) is 0.733. The molecule has 0 radical (unpaired) electrons. The molecule has 1 unspecified atom stereocenters. The summed E-state index contributed by atoms with van der Waals surface area (Å²) in [6.07, 6.45) is 2.99. The van der Waals surface area contributed by atoms with E-state index in [2.05, 4.69) is 29.0 Å². The minimum atomic E-state index is 0.596. The van der Waals surface area contributed by atoms with Gasteiger partial charge in [-0.1, -0.05) is 6.92 Å². The highest BCUT2D eigenvalue weighted by molar-refractivity contribution is 4.97. The lowest BCUT2D eigenvalue weighted by atomic mass is 10.2. The molecule has 4 nitrogen and oxygen atoms in total. The van der Waals surface area contributed by atoms with Gasteiger partial charge in [0.15, 0.2) is 0 Å². The summed E-state index contributed by atoms with van der Waals surface area (Å²) in [5, 5.41) is 3.47. The molecule has 1 aromatic rings. The molecule has 1 fully saturated rings. The van der Waals surface area contributed by atoms with Crippen molar-refractivity contribution in [1.82, 2.24) is 15.1 Å². The summed E-state index contributed by atoms with van der Waals surface area (Å²) in [4.78, 5) is 5.15. The highest BCUT2D eigenvalue weighted by Gasteiger charge is 2.20. The maximum atomic E-state index is 5.32. The Kier molecular flexibility index (Phi) is 5.89. The van der Waals surface area contributed by atoms with Crippen LogP contribution in [0.15, 0.2) is 22.8 Å². The minimum Gasteiger partial charge on any atom is -0.468 e. The van der Waals surface area contributed by atoms with Crippen molar-refractivity contribution in [2.45, 2.75) is 32.9 Å². The van der Waals surface area contributed by atoms with Gasteiger partial charge < -0.3 is 14.6 Å². The Balaban J connectivity index is 1.62. The van der Waals surface area contributed by atoms with Gasteiger partial charge in [-0.25, -0.2) is 0 Å². The van der Waals surface area contributed by atoms with E-state index in [4.69, 9.17) is 4.42 Å². The quantitative estimate of drug-likeness (QED) is 0.814. The second kappa shape index (κ2) is 7.68. The number of furan rings is 1. The molecule has 0 spiro atoms. The molecule has 4 heteroatoms. The molecule has 1 saturated heterocycles. The standard InChI is InChI=1S/C15H27N3O/c1-3-6-17-7-9-18(10-8-17)14(2)12-16-13-15-5-4-11-19-15/h4-5,11,14,16H,3,6-10,12-13H2,1-2H3. The minimum absolute atomic E-state index is 0.596. The van der Waals surface area contributed by atoms with E-state index in [1.54, 1.807) is 6.26 Å². The largest absolute Gasteiger partial charge is 0.468 e. The predicted octanol–water partition coefficient (Wildman–Crippen LogP) is 1.79. The van der Waals surface area contributed by atoms with Crippen LogP contribution < -0.4 is 5.32 Å². The lowest BCUT2D eigenvalue weighted by Gasteiger charge is -2.38. The zero-order chi connectivity index (χ0) is 13.5. The van der Waals surface area contributed by atoms with Crippen molar-refractivity contribution in [2.24, 2.45) is 0 Å². The molecule has 0 saturated carbocycles. The van der Waals surface area contributed by atoms with E-state index in [1.165, 1.54) is 39.1 Å². The number of hydrogen-bond acceptors (Lipinski definition) is 4. The van der Waals surface area contributed by atoms with Crippen LogP contribution in [0.4, 0.5) is 0 Å². The first-order chi connectivity index (χ1) is 9.29. The van der Waals surface area contributed by atoms with Gasteiger partial charge in [-0.2, -0.15) is 0 Å². The van der Waals surface area contributed by atoms with Crippen molar-refractivity contribution in [2.75, 3.05) is 39.3 Å². The van der Waals surface area contributed by atoms with E-state index in [0.717, 1.165) is 18.8 Å². The van der Waals surface area contributed by atoms with Crippen LogP contribution in [0.1, 0.15) is 26.0 Å². The molecule has 0 aliphatic carbocycles. The zero-order valence-corrected chi connectivity index (χ0v) is 12.3. The maximum Gasteiger partial charge on any atom is 0.117 e. The third-order valence-electron chi connectivity index (χ3n) is 3.89. The first-order valence-electron chi connectivity index (χ1n) is 7.49. The topological polar surface area (TPSA) is 31.6 Å². The van der Waals surface area contributed by atoms with Gasteiger partial charge in [-0.3, -0.25) is 4.90 Å². The molecule has 1 aliphatic heterocycles.